The van der Waals surface area contributed by atoms with E-state index in [0.29, 0.717) is 22.8 Å². The standard InChI is InChI=1S/C26H25Cl2NO2/c1-2-19-14-22(21-5-3-4-6-25(21)31-20-8-9-20)23(15-29-19)26(11-12-26)30-16-17-13-18(27)7-10-24(17)28/h3-7,10,13-15,20H,2,8-9,11-12,16H2,1H3. The van der Waals surface area contributed by atoms with E-state index in [4.69, 9.17) is 37.7 Å². The number of rotatable bonds is 8. The molecule has 0 bridgehead atoms. The number of nitrogens with zero attached hydrogens (tertiary/aromatic N) is 1. The maximum Gasteiger partial charge on any atom is 0.127 e. The van der Waals surface area contributed by atoms with Crippen LogP contribution in [0.4, 0.5) is 0 Å². The first kappa shape index (κ1) is 20.8. The lowest BCUT2D eigenvalue weighted by Gasteiger charge is -2.22. The smallest absolute Gasteiger partial charge is 0.127 e. The first-order valence-corrected chi connectivity index (χ1v) is 11.7. The summed E-state index contributed by atoms with van der Waals surface area (Å²) < 4.78 is 12.7. The third-order valence-electron chi connectivity index (χ3n) is 6.02. The molecule has 2 saturated carbocycles. The highest BCUT2D eigenvalue weighted by atomic mass is 35.5. The first-order valence-electron chi connectivity index (χ1n) is 10.9. The molecular formula is C26H25Cl2NO2. The van der Waals surface area contributed by atoms with E-state index in [1.165, 1.54) is 0 Å². The Morgan fingerprint density at radius 1 is 1.03 bits per heavy atom. The molecule has 2 aromatic carbocycles. The largest absolute Gasteiger partial charge is 0.490 e. The van der Waals surface area contributed by atoms with Gasteiger partial charge in [-0.15, -0.1) is 0 Å². The van der Waals surface area contributed by atoms with Crippen LogP contribution in [0.5, 0.6) is 5.75 Å². The van der Waals surface area contributed by atoms with E-state index >= 15 is 0 Å². The van der Waals surface area contributed by atoms with Crippen molar-refractivity contribution in [2.75, 3.05) is 0 Å². The van der Waals surface area contributed by atoms with Crippen molar-refractivity contribution in [3.05, 3.63) is 81.6 Å². The average molecular weight is 454 g/mol. The minimum absolute atomic E-state index is 0.341. The number of hydrogen-bond donors (Lipinski definition) is 0. The van der Waals surface area contributed by atoms with Crippen molar-refractivity contribution in [2.24, 2.45) is 0 Å². The highest BCUT2D eigenvalue weighted by Crippen LogP contribution is 2.53. The van der Waals surface area contributed by atoms with Crippen molar-refractivity contribution >= 4 is 23.2 Å². The van der Waals surface area contributed by atoms with Gasteiger partial charge in [0.1, 0.15) is 5.75 Å². The SMILES string of the molecule is CCc1cc(-c2ccccc2OC2CC2)c(C2(OCc3cc(Cl)ccc3Cl)CC2)cn1. The van der Waals surface area contributed by atoms with Gasteiger partial charge in [-0.05, 0) is 73.6 Å². The van der Waals surface area contributed by atoms with Crippen molar-refractivity contribution < 1.29 is 9.47 Å². The Morgan fingerprint density at radius 2 is 1.84 bits per heavy atom. The van der Waals surface area contributed by atoms with Crippen molar-refractivity contribution in [1.29, 1.82) is 0 Å². The minimum Gasteiger partial charge on any atom is -0.490 e. The number of para-hydroxylation sites is 1. The molecule has 1 heterocycles. The zero-order chi connectivity index (χ0) is 21.4. The van der Waals surface area contributed by atoms with E-state index in [2.05, 4.69) is 31.2 Å². The van der Waals surface area contributed by atoms with Gasteiger partial charge < -0.3 is 9.47 Å². The number of halogens is 2. The summed E-state index contributed by atoms with van der Waals surface area (Å²) in [5.74, 6) is 0.938. The van der Waals surface area contributed by atoms with Crippen LogP contribution in [0.2, 0.25) is 10.0 Å². The lowest BCUT2D eigenvalue weighted by molar-refractivity contribution is 0.0174. The van der Waals surface area contributed by atoms with Crippen LogP contribution >= 0.6 is 23.2 Å². The predicted octanol–water partition coefficient (Wildman–Crippen LogP) is 7.36. The molecule has 31 heavy (non-hydrogen) atoms. The molecular weight excluding hydrogens is 429 g/mol. The monoisotopic (exact) mass is 453 g/mol. The van der Waals surface area contributed by atoms with Crippen LogP contribution < -0.4 is 4.74 Å². The summed E-state index contributed by atoms with van der Waals surface area (Å²) in [6, 6.07) is 16.0. The van der Waals surface area contributed by atoms with Gasteiger partial charge in [0.25, 0.3) is 0 Å². The van der Waals surface area contributed by atoms with Crippen molar-refractivity contribution in [3.63, 3.8) is 0 Å². The molecule has 3 nitrogen and oxygen atoms in total. The normalized spacial score (nSPS) is 16.9. The fourth-order valence-corrected chi connectivity index (χ4v) is 4.28. The summed E-state index contributed by atoms with van der Waals surface area (Å²) in [7, 11) is 0. The van der Waals surface area contributed by atoms with E-state index in [0.717, 1.165) is 65.8 Å². The Balaban J connectivity index is 1.50. The van der Waals surface area contributed by atoms with Gasteiger partial charge in [-0.2, -0.15) is 0 Å². The van der Waals surface area contributed by atoms with Gasteiger partial charge in [0.2, 0.25) is 0 Å². The molecule has 0 aliphatic heterocycles. The number of aryl methyl sites for hydroxylation is 1. The Kier molecular flexibility index (Phi) is 5.68. The van der Waals surface area contributed by atoms with E-state index in [9.17, 15) is 0 Å². The topological polar surface area (TPSA) is 31.4 Å². The van der Waals surface area contributed by atoms with Crippen LogP contribution in [0, 0.1) is 0 Å². The summed E-state index contributed by atoms with van der Waals surface area (Å²) in [6.45, 7) is 2.54. The number of hydrogen-bond acceptors (Lipinski definition) is 3. The zero-order valence-corrected chi connectivity index (χ0v) is 19.0. The van der Waals surface area contributed by atoms with Gasteiger partial charge in [0.05, 0.1) is 18.3 Å². The Morgan fingerprint density at radius 3 is 2.58 bits per heavy atom. The Hall–Kier alpha value is -2.07. The van der Waals surface area contributed by atoms with E-state index in [-0.39, 0.29) is 5.60 Å². The molecule has 0 saturated heterocycles. The highest BCUT2D eigenvalue weighted by Gasteiger charge is 2.48. The molecule has 0 spiro atoms. The van der Waals surface area contributed by atoms with E-state index in [1.54, 1.807) is 6.07 Å². The number of aromatic nitrogens is 1. The molecule has 0 radical (unpaired) electrons. The zero-order valence-electron chi connectivity index (χ0n) is 17.5. The van der Waals surface area contributed by atoms with Gasteiger partial charge in [-0.25, -0.2) is 0 Å². The summed E-state index contributed by atoms with van der Waals surface area (Å²) >= 11 is 12.5. The molecule has 5 heteroatoms. The van der Waals surface area contributed by atoms with E-state index < -0.39 is 0 Å². The minimum atomic E-state index is -0.354. The summed E-state index contributed by atoms with van der Waals surface area (Å²) in [6.07, 6.45) is 7.39. The van der Waals surface area contributed by atoms with Gasteiger partial charge in [-0.1, -0.05) is 48.3 Å². The lowest BCUT2D eigenvalue weighted by Crippen LogP contribution is -2.15. The second-order valence-electron chi connectivity index (χ2n) is 8.41. The van der Waals surface area contributed by atoms with Crippen LogP contribution in [-0.4, -0.2) is 11.1 Å². The molecule has 0 amide bonds. The van der Waals surface area contributed by atoms with Crippen molar-refractivity contribution in [2.45, 2.75) is 57.3 Å². The third-order valence-corrected chi connectivity index (χ3v) is 6.63. The van der Waals surface area contributed by atoms with Crippen LogP contribution in [0.25, 0.3) is 11.1 Å². The molecule has 0 atom stereocenters. The molecule has 2 fully saturated rings. The molecule has 1 aromatic heterocycles. The van der Waals surface area contributed by atoms with Crippen molar-refractivity contribution in [3.8, 4) is 16.9 Å². The van der Waals surface area contributed by atoms with Gasteiger partial charge >= 0.3 is 0 Å². The summed E-state index contributed by atoms with van der Waals surface area (Å²) in [5, 5.41) is 1.33. The lowest BCUT2D eigenvalue weighted by atomic mass is 9.94. The van der Waals surface area contributed by atoms with Crippen LogP contribution in [-0.2, 0) is 23.4 Å². The second-order valence-corrected chi connectivity index (χ2v) is 9.25. The van der Waals surface area contributed by atoms with E-state index in [1.807, 2.05) is 24.4 Å². The Labute approximate surface area is 193 Å². The van der Waals surface area contributed by atoms with Crippen molar-refractivity contribution in [1.82, 2.24) is 4.98 Å². The Bertz CT molecular complexity index is 1110. The molecule has 2 aliphatic rings. The molecule has 160 valence electrons. The maximum atomic E-state index is 6.49. The van der Waals surface area contributed by atoms with Gasteiger partial charge in [0, 0.05) is 33.1 Å². The van der Waals surface area contributed by atoms with Gasteiger partial charge in [-0.3, -0.25) is 4.98 Å². The highest BCUT2D eigenvalue weighted by molar-refractivity contribution is 6.33. The molecule has 5 rings (SSSR count). The second kappa shape index (κ2) is 8.46. The fraction of sp³-hybridized carbons (Fsp3) is 0.346. The quantitative estimate of drug-likeness (QED) is 0.356. The van der Waals surface area contributed by atoms with Crippen LogP contribution in [0.1, 0.15) is 49.4 Å². The predicted molar refractivity (Wildman–Crippen MR) is 125 cm³/mol. The number of benzene rings is 2. The molecule has 0 unspecified atom stereocenters. The van der Waals surface area contributed by atoms with Crippen LogP contribution in [0.3, 0.4) is 0 Å². The van der Waals surface area contributed by atoms with Crippen LogP contribution in [0.15, 0.2) is 54.7 Å². The summed E-state index contributed by atoms with van der Waals surface area (Å²) in [4.78, 5) is 4.71. The number of ether oxygens (including phenoxy) is 2. The average Bonchev–Trinajstić information content (AvgIpc) is 3.71. The molecule has 0 N–H and O–H groups in total. The summed E-state index contributed by atoms with van der Waals surface area (Å²) in [5.41, 5.74) is 4.99. The maximum absolute atomic E-state index is 6.49. The first-order chi connectivity index (χ1) is 15.1. The molecule has 3 aromatic rings. The fourth-order valence-electron chi connectivity index (χ4n) is 3.91. The van der Waals surface area contributed by atoms with Gasteiger partial charge in [0.15, 0.2) is 0 Å². The molecule has 2 aliphatic carbocycles. The third kappa shape index (κ3) is 4.45. The number of pyridine rings is 1.